The molecule has 2 aromatic rings. The van der Waals surface area contributed by atoms with Crippen molar-refractivity contribution in [3.8, 4) is 11.5 Å². The maximum absolute atomic E-state index is 10.8. The zero-order valence-electron chi connectivity index (χ0n) is 14.4. The maximum atomic E-state index is 10.8. The van der Waals surface area contributed by atoms with Gasteiger partial charge < -0.3 is 14.6 Å². The topological polar surface area (TPSA) is 38.7 Å². The Kier molecular flexibility index (Phi) is 5.67. The van der Waals surface area contributed by atoms with Crippen LogP contribution < -0.4 is 9.47 Å². The minimum absolute atomic E-state index is 0.436. The third-order valence-corrected chi connectivity index (χ3v) is 4.48. The zero-order valence-corrected chi connectivity index (χ0v) is 14.4. The molecule has 124 valence electrons. The third kappa shape index (κ3) is 4.05. The van der Waals surface area contributed by atoms with E-state index in [-0.39, 0.29) is 0 Å². The van der Waals surface area contributed by atoms with Crippen LogP contribution in [0, 0.1) is 0 Å². The highest BCUT2D eigenvalue weighted by atomic mass is 16.5. The molecule has 1 N–H and O–H groups in total. The molecular formula is C20H26O3. The fourth-order valence-electron chi connectivity index (χ4n) is 2.81. The molecule has 0 bridgehead atoms. The Morgan fingerprint density at radius 1 is 1.00 bits per heavy atom. The van der Waals surface area contributed by atoms with E-state index in [4.69, 9.17) is 9.47 Å². The second kappa shape index (κ2) is 7.51. The van der Waals surface area contributed by atoms with Gasteiger partial charge >= 0.3 is 0 Å². The lowest BCUT2D eigenvalue weighted by molar-refractivity contribution is 0.0899. The summed E-state index contributed by atoms with van der Waals surface area (Å²) in [5, 5.41) is 10.8. The van der Waals surface area contributed by atoms with E-state index in [0.29, 0.717) is 6.42 Å². The molecule has 0 radical (unpaired) electrons. The van der Waals surface area contributed by atoms with Gasteiger partial charge in [-0.25, -0.2) is 0 Å². The minimum Gasteiger partial charge on any atom is -0.497 e. The molecule has 3 nitrogen and oxygen atoms in total. The van der Waals surface area contributed by atoms with Crippen LogP contribution in [-0.4, -0.2) is 25.4 Å². The van der Waals surface area contributed by atoms with Gasteiger partial charge in [0.25, 0.3) is 0 Å². The van der Waals surface area contributed by atoms with E-state index in [0.717, 1.165) is 23.5 Å². The Labute approximate surface area is 138 Å². The summed E-state index contributed by atoms with van der Waals surface area (Å²) >= 11 is 0. The number of methoxy groups -OCH3 is 2. The Bertz CT molecular complexity index is 620. The molecule has 2 rings (SSSR count). The van der Waals surface area contributed by atoms with Crippen molar-refractivity contribution < 1.29 is 14.6 Å². The molecule has 0 aliphatic rings. The Morgan fingerprint density at radius 3 is 2.30 bits per heavy atom. The first-order valence-electron chi connectivity index (χ1n) is 7.93. The fraction of sp³-hybridized carbons (Fsp3) is 0.400. The Balaban J connectivity index is 2.19. The van der Waals surface area contributed by atoms with E-state index < -0.39 is 11.5 Å². The van der Waals surface area contributed by atoms with E-state index in [1.165, 1.54) is 5.56 Å². The lowest BCUT2D eigenvalue weighted by Crippen LogP contribution is -2.34. The number of hydrogen-bond donors (Lipinski definition) is 1. The first-order chi connectivity index (χ1) is 11.0. The van der Waals surface area contributed by atoms with Gasteiger partial charge in [0.05, 0.1) is 20.3 Å². The number of aliphatic hydroxyl groups excluding tert-OH is 1. The molecule has 2 aromatic carbocycles. The molecule has 0 spiro atoms. The second-order valence-corrected chi connectivity index (χ2v) is 6.33. The molecule has 23 heavy (non-hydrogen) atoms. The van der Waals surface area contributed by atoms with Crippen LogP contribution in [0.1, 0.15) is 31.4 Å². The molecule has 0 fully saturated rings. The van der Waals surface area contributed by atoms with Crippen molar-refractivity contribution in [3.63, 3.8) is 0 Å². The summed E-state index contributed by atoms with van der Waals surface area (Å²) < 4.78 is 10.8. The molecule has 0 amide bonds. The van der Waals surface area contributed by atoms with Gasteiger partial charge in [-0.15, -0.1) is 0 Å². The lowest BCUT2D eigenvalue weighted by Gasteiger charge is -2.32. The van der Waals surface area contributed by atoms with Gasteiger partial charge in [0.1, 0.15) is 11.5 Å². The predicted octanol–water partition coefficient (Wildman–Crippen LogP) is 3.98. The van der Waals surface area contributed by atoms with Crippen LogP contribution in [0.3, 0.4) is 0 Å². The third-order valence-electron chi connectivity index (χ3n) is 4.48. The molecule has 3 heteroatoms. The number of hydrogen-bond acceptors (Lipinski definition) is 3. The summed E-state index contributed by atoms with van der Waals surface area (Å²) in [4.78, 5) is 0. The molecule has 0 aromatic heterocycles. The smallest absolute Gasteiger partial charge is 0.122 e. The Hall–Kier alpha value is -2.00. The van der Waals surface area contributed by atoms with Crippen LogP contribution >= 0.6 is 0 Å². The SMILES string of the molecule is COc1ccc(OC)c(C(C)(C)C(O)CCc2ccccc2)c1. The number of benzene rings is 2. The highest BCUT2D eigenvalue weighted by Crippen LogP contribution is 2.38. The number of ether oxygens (including phenoxy) is 2. The van der Waals surface area contributed by atoms with Crippen LogP contribution in [0.4, 0.5) is 0 Å². The van der Waals surface area contributed by atoms with Crippen molar-refractivity contribution >= 4 is 0 Å². The lowest BCUT2D eigenvalue weighted by atomic mass is 9.77. The van der Waals surface area contributed by atoms with Gasteiger partial charge in [-0.2, -0.15) is 0 Å². The zero-order chi connectivity index (χ0) is 16.9. The van der Waals surface area contributed by atoms with Crippen molar-refractivity contribution in [2.24, 2.45) is 0 Å². The van der Waals surface area contributed by atoms with Gasteiger partial charge in [-0.1, -0.05) is 44.2 Å². The highest BCUT2D eigenvalue weighted by Gasteiger charge is 2.32. The van der Waals surface area contributed by atoms with Crippen LogP contribution in [0.2, 0.25) is 0 Å². The maximum Gasteiger partial charge on any atom is 0.122 e. The van der Waals surface area contributed by atoms with E-state index in [1.54, 1.807) is 14.2 Å². The standard InChI is InChI=1S/C20H26O3/c1-20(2,17-14-16(22-3)11-12-18(17)23-4)19(21)13-10-15-8-6-5-7-9-15/h5-9,11-12,14,19,21H,10,13H2,1-4H3. The van der Waals surface area contributed by atoms with Gasteiger partial charge in [-0.3, -0.25) is 0 Å². The van der Waals surface area contributed by atoms with Crippen molar-refractivity contribution in [2.45, 2.75) is 38.2 Å². The van der Waals surface area contributed by atoms with Crippen molar-refractivity contribution in [1.29, 1.82) is 0 Å². The van der Waals surface area contributed by atoms with Crippen LogP contribution in [0.25, 0.3) is 0 Å². The fourth-order valence-corrected chi connectivity index (χ4v) is 2.81. The summed E-state index contributed by atoms with van der Waals surface area (Å²) in [6.45, 7) is 4.08. The van der Waals surface area contributed by atoms with Gasteiger partial charge in [0, 0.05) is 11.0 Å². The normalized spacial score (nSPS) is 12.7. The molecule has 0 aliphatic carbocycles. The van der Waals surface area contributed by atoms with E-state index in [2.05, 4.69) is 12.1 Å². The summed E-state index contributed by atoms with van der Waals surface area (Å²) in [7, 11) is 3.29. The van der Waals surface area contributed by atoms with Gasteiger partial charge in [-0.05, 0) is 36.6 Å². The monoisotopic (exact) mass is 314 g/mol. The molecule has 1 unspecified atom stereocenters. The highest BCUT2D eigenvalue weighted by molar-refractivity contribution is 5.45. The molecular weight excluding hydrogens is 288 g/mol. The molecule has 0 aliphatic heterocycles. The number of aryl methyl sites for hydroxylation is 1. The van der Waals surface area contributed by atoms with Gasteiger partial charge in [0.2, 0.25) is 0 Å². The van der Waals surface area contributed by atoms with Crippen LogP contribution in [0.15, 0.2) is 48.5 Å². The van der Waals surface area contributed by atoms with Crippen molar-refractivity contribution in [2.75, 3.05) is 14.2 Å². The van der Waals surface area contributed by atoms with Crippen molar-refractivity contribution in [3.05, 3.63) is 59.7 Å². The average Bonchev–Trinajstić information content (AvgIpc) is 2.59. The van der Waals surface area contributed by atoms with E-state index in [1.807, 2.05) is 50.2 Å². The van der Waals surface area contributed by atoms with Crippen LogP contribution in [0.5, 0.6) is 11.5 Å². The quantitative estimate of drug-likeness (QED) is 0.840. The number of rotatable bonds is 7. The Morgan fingerprint density at radius 2 is 1.70 bits per heavy atom. The molecule has 0 heterocycles. The summed E-state index contributed by atoms with van der Waals surface area (Å²) in [6, 6.07) is 15.9. The summed E-state index contributed by atoms with van der Waals surface area (Å²) in [6.07, 6.45) is 1.05. The predicted molar refractivity (Wildman–Crippen MR) is 93.3 cm³/mol. The molecule has 0 saturated carbocycles. The molecule has 0 saturated heterocycles. The molecule has 1 atom stereocenters. The first kappa shape index (κ1) is 17.4. The van der Waals surface area contributed by atoms with Crippen molar-refractivity contribution in [1.82, 2.24) is 0 Å². The van der Waals surface area contributed by atoms with E-state index in [9.17, 15) is 5.11 Å². The van der Waals surface area contributed by atoms with Gasteiger partial charge in [0.15, 0.2) is 0 Å². The second-order valence-electron chi connectivity index (χ2n) is 6.33. The van der Waals surface area contributed by atoms with E-state index >= 15 is 0 Å². The summed E-state index contributed by atoms with van der Waals surface area (Å²) in [5.41, 5.74) is 1.76. The van der Waals surface area contributed by atoms with Crippen LogP contribution in [-0.2, 0) is 11.8 Å². The first-order valence-corrected chi connectivity index (χ1v) is 7.93. The minimum atomic E-state index is -0.483. The number of aliphatic hydroxyl groups is 1. The average molecular weight is 314 g/mol. The largest absolute Gasteiger partial charge is 0.497 e. The summed E-state index contributed by atoms with van der Waals surface area (Å²) in [5.74, 6) is 1.54.